The minimum atomic E-state index is -3.99. The zero-order chi connectivity index (χ0) is 22.0. The van der Waals surface area contributed by atoms with E-state index in [-0.39, 0.29) is 30.4 Å². The smallest absolute Gasteiger partial charge is 0.305 e. The standard InChI is InChI=1S/C19H27ClN2O7S/c1-27-17(23)5-4-11-21-19(24)16(13-29-18-6-2-3-12-28-18)22-30(25,26)15-9-7-14(20)8-10-15/h7-10,16,18,22H,2-6,11-13H2,1H3,(H,21,24). The van der Waals surface area contributed by atoms with Gasteiger partial charge in [-0.25, -0.2) is 8.42 Å². The van der Waals surface area contributed by atoms with E-state index in [1.165, 1.54) is 31.4 Å². The molecule has 0 radical (unpaired) electrons. The molecular formula is C19H27ClN2O7S. The van der Waals surface area contributed by atoms with Gasteiger partial charge in [0.05, 0.1) is 18.6 Å². The van der Waals surface area contributed by atoms with Gasteiger partial charge in [-0.15, -0.1) is 0 Å². The Morgan fingerprint density at radius 1 is 1.27 bits per heavy atom. The maximum absolute atomic E-state index is 12.7. The number of hydrogen-bond donors (Lipinski definition) is 2. The van der Waals surface area contributed by atoms with Crippen molar-refractivity contribution >= 4 is 33.5 Å². The summed E-state index contributed by atoms with van der Waals surface area (Å²) in [6.45, 7) is 0.554. The highest BCUT2D eigenvalue weighted by Gasteiger charge is 2.27. The largest absolute Gasteiger partial charge is 0.469 e. The highest BCUT2D eigenvalue weighted by atomic mass is 35.5. The highest BCUT2D eigenvalue weighted by molar-refractivity contribution is 7.89. The number of esters is 1. The second-order valence-electron chi connectivity index (χ2n) is 6.73. The average molecular weight is 463 g/mol. The molecule has 1 heterocycles. The van der Waals surface area contributed by atoms with Gasteiger partial charge >= 0.3 is 5.97 Å². The van der Waals surface area contributed by atoms with Crippen molar-refractivity contribution in [2.75, 3.05) is 26.9 Å². The predicted octanol–water partition coefficient (Wildman–Crippen LogP) is 1.60. The maximum atomic E-state index is 12.7. The Bertz CT molecular complexity index is 796. The fourth-order valence-electron chi connectivity index (χ4n) is 2.75. The lowest BCUT2D eigenvalue weighted by molar-refractivity contribution is -0.167. The van der Waals surface area contributed by atoms with Crippen molar-refractivity contribution in [3.8, 4) is 0 Å². The zero-order valence-electron chi connectivity index (χ0n) is 16.8. The Kier molecular flexibility index (Phi) is 9.99. The molecule has 1 amide bonds. The van der Waals surface area contributed by atoms with Gasteiger partial charge in [0, 0.05) is 24.6 Å². The van der Waals surface area contributed by atoms with Crippen LogP contribution < -0.4 is 10.0 Å². The van der Waals surface area contributed by atoms with Gasteiger partial charge in [0.1, 0.15) is 6.04 Å². The molecule has 0 bridgehead atoms. The summed E-state index contributed by atoms with van der Waals surface area (Å²) in [5.74, 6) is -0.949. The number of hydrogen-bond acceptors (Lipinski definition) is 7. The van der Waals surface area contributed by atoms with Crippen molar-refractivity contribution in [3.05, 3.63) is 29.3 Å². The number of nitrogens with one attached hydrogen (secondary N) is 2. The van der Waals surface area contributed by atoms with Crippen molar-refractivity contribution in [2.45, 2.75) is 49.3 Å². The second-order valence-corrected chi connectivity index (χ2v) is 8.88. The van der Waals surface area contributed by atoms with Crippen molar-refractivity contribution in [1.82, 2.24) is 10.0 Å². The van der Waals surface area contributed by atoms with E-state index in [1.807, 2.05) is 0 Å². The van der Waals surface area contributed by atoms with Crippen LogP contribution in [0.2, 0.25) is 5.02 Å². The van der Waals surface area contributed by atoms with E-state index in [0.29, 0.717) is 24.5 Å². The van der Waals surface area contributed by atoms with Crippen LogP contribution in [0.4, 0.5) is 0 Å². The Morgan fingerprint density at radius 3 is 2.63 bits per heavy atom. The van der Waals surface area contributed by atoms with E-state index in [0.717, 1.165) is 12.8 Å². The van der Waals surface area contributed by atoms with Crippen molar-refractivity contribution in [3.63, 3.8) is 0 Å². The molecule has 2 N–H and O–H groups in total. The van der Waals surface area contributed by atoms with Crippen LogP contribution >= 0.6 is 11.6 Å². The fraction of sp³-hybridized carbons (Fsp3) is 0.579. The summed E-state index contributed by atoms with van der Waals surface area (Å²) in [6, 6.07) is 4.42. The fourth-order valence-corrected chi connectivity index (χ4v) is 4.05. The summed E-state index contributed by atoms with van der Waals surface area (Å²) in [4.78, 5) is 23.7. The Balaban J connectivity index is 2.00. The number of rotatable bonds is 11. The first kappa shape index (κ1) is 24.5. The summed E-state index contributed by atoms with van der Waals surface area (Å²) in [5, 5.41) is 3.01. The van der Waals surface area contributed by atoms with Crippen LogP contribution in [0, 0.1) is 0 Å². The van der Waals surface area contributed by atoms with Gasteiger partial charge in [0.15, 0.2) is 6.29 Å². The van der Waals surface area contributed by atoms with Crippen LogP contribution in [0.25, 0.3) is 0 Å². The van der Waals surface area contributed by atoms with Gasteiger partial charge < -0.3 is 19.5 Å². The van der Waals surface area contributed by atoms with Gasteiger partial charge in [-0.1, -0.05) is 11.6 Å². The molecule has 0 saturated carbocycles. The van der Waals surface area contributed by atoms with Crippen LogP contribution in [0.3, 0.4) is 0 Å². The molecule has 2 unspecified atom stereocenters. The number of carbonyl (C=O) groups excluding carboxylic acids is 2. The van der Waals surface area contributed by atoms with Crippen LogP contribution in [-0.4, -0.2) is 59.5 Å². The molecule has 1 saturated heterocycles. The molecule has 1 fully saturated rings. The summed E-state index contributed by atoms with van der Waals surface area (Å²) < 4.78 is 43.4. The second kappa shape index (κ2) is 12.2. The number of ether oxygens (including phenoxy) is 3. The lowest BCUT2D eigenvalue weighted by atomic mass is 10.2. The molecule has 2 atom stereocenters. The molecule has 1 aromatic rings. The Morgan fingerprint density at radius 2 is 2.00 bits per heavy atom. The molecule has 1 aromatic carbocycles. The first-order valence-electron chi connectivity index (χ1n) is 9.67. The molecule has 30 heavy (non-hydrogen) atoms. The van der Waals surface area contributed by atoms with Gasteiger partial charge in [-0.2, -0.15) is 4.72 Å². The van der Waals surface area contributed by atoms with Crippen LogP contribution in [0.1, 0.15) is 32.1 Å². The number of amides is 1. The van der Waals surface area contributed by atoms with Crippen molar-refractivity contribution in [2.24, 2.45) is 0 Å². The number of carbonyl (C=O) groups is 2. The van der Waals surface area contributed by atoms with E-state index in [4.69, 9.17) is 21.1 Å². The lowest BCUT2D eigenvalue weighted by Crippen LogP contribution is -2.50. The first-order valence-corrected chi connectivity index (χ1v) is 11.5. The Labute approximate surface area is 181 Å². The third kappa shape index (κ3) is 8.19. The van der Waals surface area contributed by atoms with Gasteiger partial charge in [-0.3, -0.25) is 9.59 Å². The SMILES string of the molecule is COC(=O)CCCNC(=O)C(COC1CCCCO1)NS(=O)(=O)c1ccc(Cl)cc1. The zero-order valence-corrected chi connectivity index (χ0v) is 18.3. The number of sulfonamides is 1. The Hall–Kier alpha value is -1.72. The van der Waals surface area contributed by atoms with Gasteiger partial charge in [-0.05, 0) is 49.9 Å². The predicted molar refractivity (Wildman–Crippen MR) is 109 cm³/mol. The number of benzene rings is 1. The summed E-state index contributed by atoms with van der Waals surface area (Å²) in [7, 11) is -2.70. The minimum absolute atomic E-state index is 0.0238. The molecule has 2 rings (SSSR count). The lowest BCUT2D eigenvalue weighted by Gasteiger charge is -2.25. The third-order valence-corrected chi connectivity index (χ3v) is 6.15. The minimum Gasteiger partial charge on any atom is -0.469 e. The third-order valence-electron chi connectivity index (χ3n) is 4.41. The number of halogens is 1. The normalized spacial score (nSPS) is 17.9. The molecule has 1 aliphatic heterocycles. The summed E-state index contributed by atoms with van der Waals surface area (Å²) in [5.41, 5.74) is 0. The van der Waals surface area contributed by atoms with Crippen LogP contribution in [0.5, 0.6) is 0 Å². The van der Waals surface area contributed by atoms with Gasteiger partial charge in [0.25, 0.3) is 0 Å². The molecule has 0 spiro atoms. The molecule has 1 aliphatic rings. The van der Waals surface area contributed by atoms with Crippen molar-refractivity contribution < 1.29 is 32.2 Å². The van der Waals surface area contributed by atoms with Crippen molar-refractivity contribution in [1.29, 1.82) is 0 Å². The van der Waals surface area contributed by atoms with Crippen LogP contribution in [0.15, 0.2) is 29.2 Å². The molecule has 0 aromatic heterocycles. The molecule has 0 aliphatic carbocycles. The number of methoxy groups -OCH3 is 1. The van der Waals surface area contributed by atoms with E-state index >= 15 is 0 Å². The van der Waals surface area contributed by atoms with E-state index < -0.39 is 28.3 Å². The van der Waals surface area contributed by atoms with Crippen LogP contribution in [-0.2, 0) is 33.8 Å². The summed E-state index contributed by atoms with van der Waals surface area (Å²) >= 11 is 5.81. The highest BCUT2D eigenvalue weighted by Crippen LogP contribution is 2.16. The quantitative estimate of drug-likeness (QED) is 0.378. The molecule has 9 nitrogen and oxygen atoms in total. The molecule has 11 heteroatoms. The van der Waals surface area contributed by atoms with E-state index in [2.05, 4.69) is 14.8 Å². The summed E-state index contributed by atoms with van der Waals surface area (Å²) in [6.07, 6.45) is 2.58. The van der Waals surface area contributed by atoms with Gasteiger partial charge in [0.2, 0.25) is 15.9 Å². The maximum Gasteiger partial charge on any atom is 0.305 e. The average Bonchev–Trinajstić information content (AvgIpc) is 2.74. The molecular weight excluding hydrogens is 436 g/mol. The monoisotopic (exact) mass is 462 g/mol. The van der Waals surface area contributed by atoms with E-state index in [9.17, 15) is 18.0 Å². The first-order chi connectivity index (χ1) is 14.3. The topological polar surface area (TPSA) is 120 Å². The van der Waals surface area contributed by atoms with E-state index in [1.54, 1.807) is 0 Å². The molecule has 168 valence electrons.